The number of rotatable bonds is 7. The molecule has 2 fully saturated rings. The summed E-state index contributed by atoms with van der Waals surface area (Å²) in [5.41, 5.74) is 0.158. The van der Waals surface area contributed by atoms with Crippen molar-refractivity contribution in [3.8, 4) is 17.2 Å². The predicted molar refractivity (Wildman–Crippen MR) is 153 cm³/mol. The first-order valence-corrected chi connectivity index (χ1v) is 13.8. The molecular weight excluding hydrogens is 540 g/mol. The fourth-order valence-electron chi connectivity index (χ4n) is 6.68. The second-order valence-corrected chi connectivity index (χ2v) is 11.3. The van der Waals surface area contributed by atoms with Crippen LogP contribution in [0.3, 0.4) is 0 Å². The second kappa shape index (κ2) is 10.6. The van der Waals surface area contributed by atoms with E-state index in [-0.39, 0.29) is 41.9 Å². The summed E-state index contributed by atoms with van der Waals surface area (Å²) in [6, 6.07) is 15.7. The van der Waals surface area contributed by atoms with Crippen molar-refractivity contribution in [3.05, 3.63) is 82.3 Å². The quantitative estimate of drug-likeness (QED) is 0.413. The molecule has 11 heteroatoms. The molecule has 11 nitrogen and oxygen atoms in total. The lowest BCUT2D eigenvalue weighted by Crippen LogP contribution is -2.68. The van der Waals surface area contributed by atoms with Gasteiger partial charge in [-0.2, -0.15) is 0 Å². The Balaban J connectivity index is 1.39. The van der Waals surface area contributed by atoms with Gasteiger partial charge in [-0.1, -0.05) is 12.1 Å². The topological polar surface area (TPSA) is 130 Å². The van der Waals surface area contributed by atoms with Crippen LogP contribution in [-0.4, -0.2) is 66.3 Å². The number of urea groups is 1. The Bertz CT molecular complexity index is 1620. The van der Waals surface area contributed by atoms with E-state index in [1.165, 1.54) is 20.3 Å². The third-order valence-electron chi connectivity index (χ3n) is 8.60. The Morgan fingerprint density at radius 3 is 2.48 bits per heavy atom. The lowest BCUT2D eigenvalue weighted by molar-refractivity contribution is -0.144. The zero-order valence-corrected chi connectivity index (χ0v) is 23.4. The summed E-state index contributed by atoms with van der Waals surface area (Å²) >= 11 is 0. The largest absolute Gasteiger partial charge is 0.504 e. The third kappa shape index (κ3) is 4.69. The van der Waals surface area contributed by atoms with E-state index in [0.29, 0.717) is 36.6 Å². The van der Waals surface area contributed by atoms with Crippen LogP contribution in [-0.2, 0) is 22.6 Å². The highest BCUT2D eigenvalue weighted by atomic mass is 16.5. The lowest BCUT2D eigenvalue weighted by Gasteiger charge is -2.47. The molecule has 2 saturated heterocycles. The maximum atomic E-state index is 14.5. The summed E-state index contributed by atoms with van der Waals surface area (Å²) < 4.78 is 12.3. The number of aromatic hydroxyl groups is 1. The molecule has 3 aliphatic heterocycles. The Labute approximate surface area is 242 Å². The lowest BCUT2D eigenvalue weighted by atomic mass is 9.75. The number of fused-ring (bicyclic) bond motifs is 4. The maximum absolute atomic E-state index is 14.5. The average Bonchev–Trinajstić information content (AvgIpc) is 2.98. The van der Waals surface area contributed by atoms with Crippen LogP contribution in [0.15, 0.2) is 65.5 Å². The number of hydrogen-bond donors (Lipinski definition) is 2. The number of piperidine rings is 1. The molecule has 0 spiro atoms. The number of nitrogens with one attached hydrogen (secondary N) is 1. The Hall–Kier alpha value is -4.64. The highest BCUT2D eigenvalue weighted by Gasteiger charge is 2.56. The van der Waals surface area contributed by atoms with Gasteiger partial charge in [-0.15, -0.1) is 0 Å². The van der Waals surface area contributed by atoms with E-state index >= 15 is 0 Å². The maximum Gasteiger partial charge on any atom is 0.335 e. The van der Waals surface area contributed by atoms with Gasteiger partial charge in [0.1, 0.15) is 11.2 Å². The molecule has 218 valence electrons. The number of nitrogens with zero attached hydrogens (tertiary/aromatic N) is 3. The van der Waals surface area contributed by atoms with E-state index < -0.39 is 23.3 Å². The van der Waals surface area contributed by atoms with Crippen LogP contribution in [0.4, 0.5) is 10.5 Å². The monoisotopic (exact) mass is 572 g/mol. The molecular formula is C31H32N4O7. The number of ether oxygens (including phenoxy) is 2. The van der Waals surface area contributed by atoms with Gasteiger partial charge in [0, 0.05) is 43.9 Å². The SMILES string of the molecule is COc1ccc(N2C(=O)NC(=O)C(Cc3ccc(O)c(OC)c3)(CN3C[C@H]4C[C@@H](C3)c3cccc(=O)n3C4)C2=O)cc1. The number of barbiturate groups is 1. The molecule has 2 bridgehead atoms. The standard InChI is InChI=1S/C31H32N4O7/c1-41-23-9-7-22(8-10-23)35-29(39)31(28(38)32-30(35)40,14-19-6-11-25(36)26(13-19)42-2)18-33-15-20-12-21(17-33)24-4-3-5-27(37)34(24)16-20/h3-11,13,20-21,36H,12,14-18H2,1-2H3,(H,32,38,40)/t20-,21+,31?/m1/s1. The van der Waals surface area contributed by atoms with E-state index in [9.17, 15) is 24.3 Å². The van der Waals surface area contributed by atoms with Crippen LogP contribution in [0.25, 0.3) is 0 Å². The zero-order chi connectivity index (χ0) is 29.6. The Morgan fingerprint density at radius 2 is 1.74 bits per heavy atom. The number of carbonyl (C=O) groups excluding carboxylic acids is 3. The predicted octanol–water partition coefficient (Wildman–Crippen LogP) is 2.50. The molecule has 1 aromatic heterocycles. The number of aromatic nitrogens is 1. The number of anilines is 1. The minimum Gasteiger partial charge on any atom is -0.504 e. The highest BCUT2D eigenvalue weighted by Crippen LogP contribution is 2.40. The first-order chi connectivity index (χ1) is 20.2. The van der Waals surface area contributed by atoms with Crippen LogP contribution in [0.2, 0.25) is 0 Å². The van der Waals surface area contributed by atoms with Crippen molar-refractivity contribution in [2.45, 2.75) is 25.3 Å². The van der Waals surface area contributed by atoms with E-state index in [0.717, 1.165) is 17.0 Å². The normalized spacial score (nSPS) is 23.8. The van der Waals surface area contributed by atoms with Gasteiger partial charge in [0.05, 0.1) is 19.9 Å². The fraction of sp³-hybridized carbons (Fsp3) is 0.355. The Kier molecular flexibility index (Phi) is 6.97. The van der Waals surface area contributed by atoms with Gasteiger partial charge in [0.2, 0.25) is 5.91 Å². The number of carbonyl (C=O) groups is 3. The summed E-state index contributed by atoms with van der Waals surface area (Å²) in [4.78, 5) is 57.1. The van der Waals surface area contributed by atoms with Gasteiger partial charge in [-0.05, 0) is 66.8 Å². The molecule has 3 aliphatic rings. The van der Waals surface area contributed by atoms with Crippen molar-refractivity contribution in [3.63, 3.8) is 0 Å². The van der Waals surface area contributed by atoms with Crippen molar-refractivity contribution in [2.24, 2.45) is 11.3 Å². The van der Waals surface area contributed by atoms with E-state index in [1.807, 2.05) is 10.6 Å². The molecule has 0 saturated carbocycles. The first-order valence-electron chi connectivity index (χ1n) is 13.8. The van der Waals surface area contributed by atoms with Crippen molar-refractivity contribution >= 4 is 23.5 Å². The molecule has 4 amide bonds. The van der Waals surface area contributed by atoms with Gasteiger partial charge >= 0.3 is 6.03 Å². The summed E-state index contributed by atoms with van der Waals surface area (Å²) in [5.74, 6) is -0.378. The number of phenolic OH excluding ortho intramolecular Hbond substituents is 1. The number of likely N-dealkylation sites (tertiary alicyclic amines) is 1. The number of phenols is 1. The first kappa shape index (κ1) is 27.5. The van der Waals surface area contributed by atoms with Crippen molar-refractivity contribution in [1.29, 1.82) is 0 Å². The van der Waals surface area contributed by atoms with Crippen LogP contribution in [0.5, 0.6) is 17.2 Å². The average molecular weight is 573 g/mol. The fourth-order valence-corrected chi connectivity index (χ4v) is 6.68. The molecule has 42 heavy (non-hydrogen) atoms. The second-order valence-electron chi connectivity index (χ2n) is 11.3. The minimum absolute atomic E-state index is 0.0242. The Morgan fingerprint density at radius 1 is 0.952 bits per heavy atom. The van der Waals surface area contributed by atoms with Gasteiger partial charge in [-0.25, -0.2) is 9.69 Å². The van der Waals surface area contributed by atoms with Gasteiger partial charge in [-0.3, -0.25) is 19.7 Å². The summed E-state index contributed by atoms with van der Waals surface area (Å²) in [5, 5.41) is 12.6. The molecule has 3 atom stereocenters. The van der Waals surface area contributed by atoms with Crippen molar-refractivity contribution < 1.29 is 29.0 Å². The third-order valence-corrected chi connectivity index (χ3v) is 8.60. The summed E-state index contributed by atoms with van der Waals surface area (Å²) in [6.45, 7) is 1.78. The number of benzene rings is 2. The van der Waals surface area contributed by atoms with Crippen molar-refractivity contribution in [1.82, 2.24) is 14.8 Å². The van der Waals surface area contributed by atoms with Crippen LogP contribution < -0.4 is 25.2 Å². The number of hydrogen-bond acceptors (Lipinski definition) is 8. The number of amides is 4. The van der Waals surface area contributed by atoms with E-state index in [1.54, 1.807) is 48.5 Å². The zero-order valence-electron chi connectivity index (χ0n) is 23.4. The number of methoxy groups -OCH3 is 2. The molecule has 0 aliphatic carbocycles. The van der Waals surface area contributed by atoms with Crippen molar-refractivity contribution in [2.75, 3.05) is 38.8 Å². The smallest absolute Gasteiger partial charge is 0.335 e. The molecule has 0 radical (unpaired) electrons. The highest BCUT2D eigenvalue weighted by molar-refractivity contribution is 6.30. The summed E-state index contributed by atoms with van der Waals surface area (Å²) in [6.07, 6.45) is 0.884. The van der Waals surface area contributed by atoms with Crippen LogP contribution in [0, 0.1) is 11.3 Å². The molecule has 2 aromatic carbocycles. The summed E-state index contributed by atoms with van der Waals surface area (Å²) in [7, 11) is 2.94. The number of pyridine rings is 1. The molecule has 6 rings (SSSR count). The molecule has 1 unspecified atom stereocenters. The molecule has 3 aromatic rings. The van der Waals surface area contributed by atoms with Gasteiger partial charge in [0.15, 0.2) is 11.5 Å². The number of imide groups is 2. The van der Waals surface area contributed by atoms with E-state index in [2.05, 4.69) is 10.2 Å². The van der Waals surface area contributed by atoms with Crippen LogP contribution >= 0.6 is 0 Å². The van der Waals surface area contributed by atoms with E-state index in [4.69, 9.17) is 9.47 Å². The molecule has 2 N–H and O–H groups in total. The minimum atomic E-state index is -1.67. The van der Waals surface area contributed by atoms with Crippen LogP contribution in [0.1, 0.15) is 23.6 Å². The van der Waals surface area contributed by atoms with Gasteiger partial charge < -0.3 is 24.0 Å². The van der Waals surface area contributed by atoms with Gasteiger partial charge in [0.25, 0.3) is 11.5 Å². The molecule has 4 heterocycles.